The number of anilines is 2. The molecule has 4 fully saturated rings. The first-order valence-electron chi connectivity index (χ1n) is 15.5. The number of rotatable bonds is 9. The van der Waals surface area contributed by atoms with Gasteiger partial charge < -0.3 is 16.0 Å². The van der Waals surface area contributed by atoms with Crippen molar-refractivity contribution in [3.63, 3.8) is 0 Å². The largest absolute Gasteiger partial charge is 0.385 e. The highest BCUT2D eigenvalue weighted by atomic mass is 16.2. The molecular weight excluding hydrogens is 560 g/mol. The van der Waals surface area contributed by atoms with E-state index in [0.29, 0.717) is 23.9 Å². The monoisotopic (exact) mass is 594 g/mol. The Morgan fingerprint density at radius 1 is 0.932 bits per heavy atom. The zero-order valence-corrected chi connectivity index (χ0v) is 24.2. The highest BCUT2D eigenvalue weighted by Crippen LogP contribution is 2.45. The van der Waals surface area contributed by atoms with Crippen molar-refractivity contribution in [3.8, 4) is 11.3 Å². The molecule has 226 valence electrons. The van der Waals surface area contributed by atoms with E-state index in [1.807, 2.05) is 6.07 Å². The summed E-state index contributed by atoms with van der Waals surface area (Å²) in [6.45, 7) is 2.66. The molecule has 2 aliphatic carbocycles. The fourth-order valence-corrected chi connectivity index (χ4v) is 6.64. The van der Waals surface area contributed by atoms with Gasteiger partial charge in [-0.3, -0.25) is 34.1 Å². The number of hydrogen-bond donors (Lipinski definition) is 4. The fraction of sp³-hybridized carbons (Fsp3) is 0.438. The molecule has 1 atom stereocenters. The molecule has 1 aromatic carbocycles. The van der Waals surface area contributed by atoms with Crippen LogP contribution in [0.15, 0.2) is 42.6 Å². The van der Waals surface area contributed by atoms with Crippen molar-refractivity contribution >= 4 is 35.1 Å². The first-order valence-corrected chi connectivity index (χ1v) is 15.5. The molecule has 5 aliphatic rings. The topological polar surface area (TPSA) is 150 Å². The quantitative estimate of drug-likeness (QED) is 0.274. The number of piperidine rings is 1. The maximum Gasteiger partial charge on any atom is 0.262 e. The molecule has 0 radical (unpaired) electrons. The zero-order chi connectivity index (χ0) is 29.9. The maximum absolute atomic E-state index is 13.1. The second-order valence-electron chi connectivity index (χ2n) is 12.7. The van der Waals surface area contributed by atoms with Gasteiger partial charge in [-0.25, -0.2) is 4.98 Å². The van der Waals surface area contributed by atoms with Gasteiger partial charge in [0, 0.05) is 49.4 Å². The Balaban J connectivity index is 0.903. The van der Waals surface area contributed by atoms with E-state index in [2.05, 4.69) is 44.3 Å². The van der Waals surface area contributed by atoms with Crippen molar-refractivity contribution in [2.45, 2.75) is 62.6 Å². The first-order chi connectivity index (χ1) is 21.4. The molecule has 2 aromatic heterocycles. The average molecular weight is 595 g/mol. The van der Waals surface area contributed by atoms with E-state index >= 15 is 0 Å². The number of aromatic nitrogens is 3. The van der Waals surface area contributed by atoms with Crippen LogP contribution in [0.5, 0.6) is 0 Å². The molecule has 5 heterocycles. The Morgan fingerprint density at radius 2 is 1.75 bits per heavy atom. The second kappa shape index (κ2) is 10.5. The van der Waals surface area contributed by atoms with Crippen LogP contribution in [0.3, 0.4) is 0 Å². The van der Waals surface area contributed by atoms with Gasteiger partial charge in [-0.15, -0.1) is 0 Å². The highest BCUT2D eigenvalue weighted by Gasteiger charge is 2.44. The maximum atomic E-state index is 13.1. The third-order valence-corrected chi connectivity index (χ3v) is 9.50. The summed E-state index contributed by atoms with van der Waals surface area (Å²) in [4.78, 5) is 55.9. The number of amides is 4. The summed E-state index contributed by atoms with van der Waals surface area (Å²) in [6, 6.07) is 11.1. The number of fused-ring (bicyclic) bond motifs is 1. The van der Waals surface area contributed by atoms with Crippen LogP contribution in [-0.4, -0.2) is 75.0 Å². The van der Waals surface area contributed by atoms with Gasteiger partial charge in [-0.2, -0.15) is 5.10 Å². The van der Waals surface area contributed by atoms with Crippen LogP contribution in [0.2, 0.25) is 0 Å². The summed E-state index contributed by atoms with van der Waals surface area (Å²) in [7, 11) is 0. The van der Waals surface area contributed by atoms with E-state index in [1.54, 1.807) is 18.2 Å². The number of nitrogens with one attached hydrogen (secondary N) is 4. The van der Waals surface area contributed by atoms with E-state index < -0.39 is 23.8 Å². The lowest BCUT2D eigenvalue weighted by Gasteiger charge is -2.35. The molecule has 12 nitrogen and oxygen atoms in total. The van der Waals surface area contributed by atoms with Crippen molar-refractivity contribution in [2.24, 2.45) is 5.92 Å². The molecule has 3 aromatic rings. The lowest BCUT2D eigenvalue weighted by molar-refractivity contribution is -0.136. The average Bonchev–Trinajstić information content (AvgIpc) is 3.68. The third kappa shape index (κ3) is 4.83. The van der Waals surface area contributed by atoms with Crippen molar-refractivity contribution in [1.82, 2.24) is 30.3 Å². The third-order valence-electron chi connectivity index (χ3n) is 9.50. The Bertz CT molecular complexity index is 1690. The Morgan fingerprint density at radius 3 is 2.50 bits per heavy atom. The Kier molecular flexibility index (Phi) is 6.47. The Labute approximate surface area is 254 Å². The van der Waals surface area contributed by atoms with Gasteiger partial charge in [0.05, 0.1) is 34.6 Å². The predicted molar refractivity (Wildman–Crippen MR) is 161 cm³/mol. The van der Waals surface area contributed by atoms with Gasteiger partial charge in [0.1, 0.15) is 11.9 Å². The molecule has 8 rings (SSSR count). The van der Waals surface area contributed by atoms with E-state index in [0.717, 1.165) is 65.8 Å². The molecule has 12 heteroatoms. The molecule has 1 unspecified atom stereocenters. The van der Waals surface area contributed by atoms with Crippen molar-refractivity contribution < 1.29 is 19.2 Å². The van der Waals surface area contributed by atoms with Crippen LogP contribution < -0.4 is 21.3 Å². The van der Waals surface area contributed by atoms with Crippen LogP contribution in [0.4, 0.5) is 11.5 Å². The van der Waals surface area contributed by atoms with Crippen molar-refractivity contribution in [2.75, 3.05) is 30.3 Å². The fourth-order valence-electron chi connectivity index (χ4n) is 6.64. The summed E-state index contributed by atoms with van der Waals surface area (Å²) in [5.74, 6) is -0.122. The van der Waals surface area contributed by atoms with Gasteiger partial charge in [0.15, 0.2) is 0 Å². The number of hydrogen-bond acceptors (Lipinski definition) is 9. The molecular formula is C32H34N8O4. The second-order valence-corrected chi connectivity index (χ2v) is 12.7. The number of imide groups is 2. The van der Waals surface area contributed by atoms with Crippen molar-refractivity contribution in [3.05, 3.63) is 59.4 Å². The lowest BCUT2D eigenvalue weighted by atomic mass is 9.80. The summed E-state index contributed by atoms with van der Waals surface area (Å²) in [6.07, 6.45) is 6.75. The normalized spacial score (nSPS) is 24.9. The van der Waals surface area contributed by atoms with Gasteiger partial charge in [-0.1, -0.05) is 6.07 Å². The summed E-state index contributed by atoms with van der Waals surface area (Å²) < 4.78 is 2.14. The first kappa shape index (κ1) is 27.0. The number of carbonyl (C=O) groups is 4. The molecule has 3 aliphatic heterocycles. The van der Waals surface area contributed by atoms with E-state index in [9.17, 15) is 19.2 Å². The molecule has 0 bridgehead atoms. The lowest BCUT2D eigenvalue weighted by Crippen LogP contribution is -2.54. The minimum absolute atomic E-state index is 0.0980. The smallest absolute Gasteiger partial charge is 0.262 e. The van der Waals surface area contributed by atoms with Crippen molar-refractivity contribution in [1.29, 1.82) is 0 Å². The van der Waals surface area contributed by atoms with Gasteiger partial charge in [0.2, 0.25) is 11.8 Å². The van der Waals surface area contributed by atoms with Crippen LogP contribution in [0, 0.1) is 5.92 Å². The van der Waals surface area contributed by atoms with Crippen LogP contribution in [0.25, 0.3) is 11.3 Å². The van der Waals surface area contributed by atoms with E-state index in [4.69, 9.17) is 10.1 Å². The van der Waals surface area contributed by atoms with E-state index in [-0.39, 0.29) is 29.9 Å². The zero-order valence-electron chi connectivity index (χ0n) is 24.2. The van der Waals surface area contributed by atoms with Crippen LogP contribution in [0.1, 0.15) is 76.9 Å². The van der Waals surface area contributed by atoms with Gasteiger partial charge >= 0.3 is 0 Å². The van der Waals surface area contributed by atoms with E-state index in [1.165, 1.54) is 12.8 Å². The molecule has 4 N–H and O–H groups in total. The summed E-state index contributed by atoms with van der Waals surface area (Å²) >= 11 is 0. The molecule has 4 amide bonds. The standard InChI is InChI=1S/C32H34N8O4/c41-28-9-8-26(30(42)37-28)40-31(43)22-7-6-19(12-23(22)32(40)44)34-13-17-10-21(11-17)39-16-24(29(38-39)18-4-5-18)25-2-1-3-27(36-25)35-20-14-33-15-20/h1-3,6-7,12,16-18,20-21,26,33-34H,4-5,8-11,13-15H2,(H,35,36)(H,37,41,42)/t17-,21-,26?. The number of nitrogens with zero attached hydrogens (tertiary/aromatic N) is 4. The summed E-state index contributed by atoms with van der Waals surface area (Å²) in [5, 5.41) is 17.5. The number of pyridine rings is 1. The SMILES string of the molecule is O=C1CCC(N2C(=O)c3ccc(NC[C@H]4C[C@H](n5cc(-c6cccc(NC7CNC7)n6)c(C6CC6)n5)C4)cc3C2=O)C(=O)N1. The minimum atomic E-state index is -0.965. The van der Waals surface area contributed by atoms with Crippen LogP contribution >= 0.6 is 0 Å². The highest BCUT2D eigenvalue weighted by molar-refractivity contribution is 6.23. The molecule has 0 spiro atoms. The number of carbonyl (C=O) groups excluding carboxylic acids is 4. The minimum Gasteiger partial charge on any atom is -0.385 e. The Hall–Kier alpha value is -4.58. The van der Waals surface area contributed by atoms with Crippen LogP contribution in [-0.2, 0) is 9.59 Å². The molecule has 2 saturated carbocycles. The summed E-state index contributed by atoms with van der Waals surface area (Å²) in [5.41, 5.74) is 4.58. The van der Waals surface area contributed by atoms with Gasteiger partial charge in [-0.05, 0) is 68.4 Å². The predicted octanol–water partition coefficient (Wildman–Crippen LogP) is 2.67. The molecule has 2 saturated heterocycles. The van der Waals surface area contributed by atoms with Gasteiger partial charge in [0.25, 0.3) is 11.8 Å². The molecule has 44 heavy (non-hydrogen) atoms. The number of benzene rings is 1.